The lowest BCUT2D eigenvalue weighted by Crippen LogP contribution is -2.36. The summed E-state index contributed by atoms with van der Waals surface area (Å²) < 4.78 is 42.8. The van der Waals surface area contributed by atoms with Crippen molar-refractivity contribution in [3.05, 3.63) is 86.8 Å². The Morgan fingerprint density at radius 1 is 1.02 bits per heavy atom. The molecule has 4 rings (SSSR count). The number of nitrogens with one attached hydrogen (secondary N) is 2. The summed E-state index contributed by atoms with van der Waals surface area (Å²) in [6.07, 6.45) is -4.72. The summed E-state index contributed by atoms with van der Waals surface area (Å²) in [6, 6.07) is 12.3. The number of fused-ring (bicyclic) bond motifs is 1. The van der Waals surface area contributed by atoms with Gasteiger partial charge in [-0.3, -0.25) is 14.3 Å². The molecule has 0 atom stereocenters. The number of aromatic nitrogens is 3. The number of nitrogens with zero attached hydrogens (tertiary/aromatic N) is 3. The minimum Gasteiger partial charge on any atom is -0.396 e. The molecule has 0 radical (unpaired) electrons. The van der Waals surface area contributed by atoms with Gasteiger partial charge in [-0.1, -0.05) is 41.9 Å². The first-order valence-corrected chi connectivity index (χ1v) is 13.5. The molecule has 0 spiro atoms. The van der Waals surface area contributed by atoms with Gasteiger partial charge in [0.1, 0.15) is 5.69 Å². The summed E-state index contributed by atoms with van der Waals surface area (Å²) in [5.41, 5.74) is 1.12. The van der Waals surface area contributed by atoms with Crippen LogP contribution in [-0.2, 0) is 12.7 Å². The number of aryl methyl sites for hydroxylation is 1. The van der Waals surface area contributed by atoms with Crippen molar-refractivity contribution in [1.82, 2.24) is 20.1 Å². The van der Waals surface area contributed by atoms with Crippen LogP contribution in [0.3, 0.4) is 0 Å². The van der Waals surface area contributed by atoms with Gasteiger partial charge in [0.25, 0.3) is 11.8 Å². The average Bonchev–Trinajstić information content (AvgIpc) is 3.18. The molecular weight excluding hydrogens is 603 g/mol. The van der Waals surface area contributed by atoms with Crippen LogP contribution in [0.25, 0.3) is 10.9 Å². The highest BCUT2D eigenvalue weighted by Crippen LogP contribution is 2.33. The number of pyridine rings is 1. The van der Waals surface area contributed by atoms with Gasteiger partial charge in [-0.25, -0.2) is 4.98 Å². The van der Waals surface area contributed by atoms with E-state index in [1.807, 2.05) is 13.8 Å². The Morgan fingerprint density at radius 2 is 1.71 bits per heavy atom. The number of alkyl halides is 3. The summed E-state index contributed by atoms with van der Waals surface area (Å²) >= 11 is 3.30. The molecule has 0 aliphatic carbocycles. The maximum Gasteiger partial charge on any atom is 0.433 e. The first kappa shape index (κ1) is 30.2. The number of aliphatic hydroxyl groups is 1. The Hall–Kier alpha value is -3.77. The summed E-state index contributed by atoms with van der Waals surface area (Å²) in [5, 5.41) is 19.7. The van der Waals surface area contributed by atoms with Gasteiger partial charge in [0.2, 0.25) is 0 Å². The monoisotopic (exact) mass is 631 g/mol. The molecular formula is C29H29BrF3N5O3. The third-order valence-corrected chi connectivity index (χ3v) is 7.12. The number of rotatable bonds is 8. The highest BCUT2D eigenvalue weighted by Gasteiger charge is 2.34. The van der Waals surface area contributed by atoms with Crippen molar-refractivity contribution in [3.8, 4) is 0 Å². The Balaban J connectivity index is 1.54. The van der Waals surface area contributed by atoms with Crippen molar-refractivity contribution in [3.63, 3.8) is 0 Å². The van der Waals surface area contributed by atoms with Crippen LogP contribution in [0.1, 0.15) is 57.2 Å². The quantitative estimate of drug-likeness (QED) is 0.225. The van der Waals surface area contributed by atoms with E-state index in [9.17, 15) is 27.9 Å². The molecule has 0 aliphatic heterocycles. The minimum absolute atomic E-state index is 0.0477. The highest BCUT2D eigenvalue weighted by atomic mass is 79.9. The van der Waals surface area contributed by atoms with Crippen molar-refractivity contribution in [2.24, 2.45) is 5.41 Å². The fraction of sp³-hybridized carbons (Fsp3) is 0.310. The molecule has 2 aromatic heterocycles. The second-order valence-electron chi connectivity index (χ2n) is 10.6. The SMILES string of the molecule is Cc1nn(Cc2ccc(C(=O)NCC(C)(C)CO)cc2)c(C)c1NC(=O)c1cc(C(F)(F)F)nc2ccc(Br)cc12. The van der Waals surface area contributed by atoms with Gasteiger partial charge < -0.3 is 15.7 Å². The molecule has 2 amide bonds. The zero-order valence-corrected chi connectivity index (χ0v) is 24.4. The van der Waals surface area contributed by atoms with Crippen molar-refractivity contribution < 1.29 is 27.9 Å². The van der Waals surface area contributed by atoms with Crippen LogP contribution in [0.2, 0.25) is 0 Å². The predicted molar refractivity (Wildman–Crippen MR) is 153 cm³/mol. The van der Waals surface area contributed by atoms with Crippen LogP contribution in [0, 0.1) is 19.3 Å². The van der Waals surface area contributed by atoms with Gasteiger partial charge in [0, 0.05) is 34.0 Å². The number of anilines is 1. The molecule has 2 aromatic carbocycles. The molecule has 3 N–H and O–H groups in total. The van der Waals surface area contributed by atoms with Gasteiger partial charge in [0.15, 0.2) is 0 Å². The van der Waals surface area contributed by atoms with Gasteiger partial charge in [-0.2, -0.15) is 18.3 Å². The third kappa shape index (κ3) is 6.94. The van der Waals surface area contributed by atoms with Crippen LogP contribution in [0.4, 0.5) is 18.9 Å². The molecule has 12 heteroatoms. The van der Waals surface area contributed by atoms with Crippen molar-refractivity contribution in [1.29, 1.82) is 0 Å². The second kappa shape index (κ2) is 11.6. The normalized spacial score (nSPS) is 12.0. The maximum absolute atomic E-state index is 13.5. The van der Waals surface area contributed by atoms with Crippen LogP contribution < -0.4 is 10.6 Å². The first-order chi connectivity index (χ1) is 19.2. The molecule has 8 nitrogen and oxygen atoms in total. The second-order valence-corrected chi connectivity index (χ2v) is 11.5. The summed E-state index contributed by atoms with van der Waals surface area (Å²) in [6.45, 7) is 7.76. The number of amides is 2. The van der Waals surface area contributed by atoms with E-state index < -0.39 is 23.2 Å². The fourth-order valence-electron chi connectivity index (χ4n) is 4.16. The average molecular weight is 632 g/mol. The van der Waals surface area contributed by atoms with Crippen LogP contribution >= 0.6 is 15.9 Å². The largest absolute Gasteiger partial charge is 0.433 e. The van der Waals surface area contributed by atoms with E-state index in [2.05, 4.69) is 36.6 Å². The molecule has 0 saturated carbocycles. The predicted octanol–water partition coefficient (Wildman–Crippen LogP) is 5.88. The number of benzene rings is 2. The Morgan fingerprint density at radius 3 is 2.34 bits per heavy atom. The molecule has 4 aromatic rings. The molecule has 216 valence electrons. The molecule has 41 heavy (non-hydrogen) atoms. The van der Waals surface area contributed by atoms with E-state index in [0.717, 1.165) is 11.6 Å². The van der Waals surface area contributed by atoms with Crippen LogP contribution in [0.5, 0.6) is 0 Å². The van der Waals surface area contributed by atoms with E-state index in [1.165, 1.54) is 6.07 Å². The highest BCUT2D eigenvalue weighted by molar-refractivity contribution is 9.10. The smallest absolute Gasteiger partial charge is 0.396 e. The van der Waals surface area contributed by atoms with Crippen molar-refractivity contribution in [2.45, 2.75) is 40.4 Å². The molecule has 0 bridgehead atoms. The van der Waals surface area contributed by atoms with Gasteiger partial charge in [-0.15, -0.1) is 0 Å². The number of aliphatic hydroxyl groups excluding tert-OH is 1. The molecule has 0 fully saturated rings. The zero-order chi connectivity index (χ0) is 30.1. The van der Waals surface area contributed by atoms with Crippen molar-refractivity contribution in [2.75, 3.05) is 18.5 Å². The Kier molecular flexibility index (Phi) is 8.55. The number of hydrogen-bond donors (Lipinski definition) is 3. The lowest BCUT2D eigenvalue weighted by molar-refractivity contribution is -0.141. The Labute approximate surface area is 243 Å². The van der Waals surface area contributed by atoms with E-state index in [4.69, 9.17) is 0 Å². The minimum atomic E-state index is -4.72. The number of hydrogen-bond acceptors (Lipinski definition) is 5. The van der Waals surface area contributed by atoms with Gasteiger partial charge in [-0.05, 0) is 55.8 Å². The van der Waals surface area contributed by atoms with E-state index in [1.54, 1.807) is 54.9 Å². The van der Waals surface area contributed by atoms with Gasteiger partial charge >= 0.3 is 6.18 Å². The van der Waals surface area contributed by atoms with Crippen molar-refractivity contribution >= 4 is 44.3 Å². The molecule has 0 aliphatic rings. The Bertz CT molecular complexity index is 1610. The van der Waals surface area contributed by atoms with Crippen LogP contribution in [-0.4, -0.2) is 44.8 Å². The summed E-state index contributed by atoms with van der Waals surface area (Å²) in [5.74, 6) is -0.968. The lowest BCUT2D eigenvalue weighted by Gasteiger charge is -2.21. The maximum atomic E-state index is 13.5. The zero-order valence-electron chi connectivity index (χ0n) is 22.9. The van der Waals surface area contributed by atoms with E-state index >= 15 is 0 Å². The molecule has 2 heterocycles. The van der Waals surface area contributed by atoms with Gasteiger partial charge in [0.05, 0.1) is 34.7 Å². The molecule has 0 saturated heterocycles. The summed E-state index contributed by atoms with van der Waals surface area (Å²) in [4.78, 5) is 29.5. The standard InChI is InChI=1S/C29H29BrF3N5O3/c1-16-25(36-27(41)22-12-24(29(31,32)33)35-23-10-9-20(30)11-21(22)23)17(2)38(37-16)13-18-5-7-19(8-6-18)26(40)34-14-28(3,4)15-39/h5-12,39H,13-15H2,1-4H3,(H,34,40)(H,36,41). The first-order valence-electron chi connectivity index (χ1n) is 12.7. The summed E-state index contributed by atoms with van der Waals surface area (Å²) in [7, 11) is 0. The fourth-order valence-corrected chi connectivity index (χ4v) is 4.52. The number of carbonyl (C=O) groups excluding carboxylic acids is 2. The third-order valence-electron chi connectivity index (χ3n) is 6.63. The lowest BCUT2D eigenvalue weighted by atomic mass is 9.95. The topological polar surface area (TPSA) is 109 Å². The number of halogens is 4. The van der Waals surface area contributed by atoms with Crippen LogP contribution in [0.15, 0.2) is 53.0 Å². The van der Waals surface area contributed by atoms with E-state index in [0.29, 0.717) is 40.2 Å². The molecule has 0 unspecified atom stereocenters. The number of carbonyl (C=O) groups is 2. The van der Waals surface area contributed by atoms with E-state index in [-0.39, 0.29) is 29.0 Å².